The summed E-state index contributed by atoms with van der Waals surface area (Å²) in [6, 6.07) is 9.51. The fraction of sp³-hybridized carbons (Fsp3) is 0.333. The minimum absolute atomic E-state index is 0.475. The van der Waals surface area contributed by atoms with E-state index in [0.717, 1.165) is 5.75 Å². The molecule has 0 aliphatic heterocycles. The van der Waals surface area contributed by atoms with Crippen molar-refractivity contribution < 1.29 is 13.9 Å². The standard InChI is InChI=1S/C15H22O3Si/c1-6-16-15(18-19(3,4)5)12-13(2)17-14-10-8-7-9-11-14/h7-12H,2,6H2,1,3-5H3/b15-12-. The molecule has 0 aliphatic carbocycles. The first kappa shape index (κ1) is 15.4. The maximum Gasteiger partial charge on any atom is 0.269 e. The van der Waals surface area contributed by atoms with Crippen LogP contribution in [0.4, 0.5) is 0 Å². The molecular formula is C15H22O3Si. The van der Waals surface area contributed by atoms with E-state index in [1.165, 1.54) is 0 Å². The van der Waals surface area contributed by atoms with E-state index in [9.17, 15) is 0 Å². The van der Waals surface area contributed by atoms with Gasteiger partial charge in [0.2, 0.25) is 8.32 Å². The summed E-state index contributed by atoms with van der Waals surface area (Å²) in [5.74, 6) is 1.71. The van der Waals surface area contributed by atoms with Crippen molar-refractivity contribution in [3.05, 3.63) is 54.7 Å². The van der Waals surface area contributed by atoms with Gasteiger partial charge in [0.15, 0.2) is 0 Å². The third-order valence-corrected chi connectivity index (χ3v) is 2.78. The Morgan fingerprint density at radius 2 is 1.84 bits per heavy atom. The lowest BCUT2D eigenvalue weighted by Crippen LogP contribution is -2.25. The van der Waals surface area contributed by atoms with Crippen LogP contribution in [0.3, 0.4) is 0 Å². The largest absolute Gasteiger partial charge is 0.520 e. The fourth-order valence-corrected chi connectivity index (χ4v) is 2.07. The smallest absolute Gasteiger partial charge is 0.269 e. The molecule has 0 radical (unpaired) electrons. The number of benzene rings is 1. The Labute approximate surface area is 116 Å². The van der Waals surface area contributed by atoms with Gasteiger partial charge < -0.3 is 13.9 Å². The Balaban J connectivity index is 2.70. The van der Waals surface area contributed by atoms with Crippen LogP contribution in [-0.4, -0.2) is 14.9 Å². The van der Waals surface area contributed by atoms with Crippen LogP contribution in [0.1, 0.15) is 6.92 Å². The zero-order valence-corrected chi connectivity index (χ0v) is 13.1. The van der Waals surface area contributed by atoms with Gasteiger partial charge in [0, 0.05) is 0 Å². The van der Waals surface area contributed by atoms with Gasteiger partial charge in [0.05, 0.1) is 12.7 Å². The van der Waals surface area contributed by atoms with Crippen LogP contribution in [0.15, 0.2) is 54.7 Å². The third-order valence-electron chi connectivity index (χ3n) is 1.96. The molecule has 0 unspecified atom stereocenters. The van der Waals surface area contributed by atoms with Crippen molar-refractivity contribution in [3.63, 3.8) is 0 Å². The Morgan fingerprint density at radius 1 is 1.21 bits per heavy atom. The zero-order valence-electron chi connectivity index (χ0n) is 12.1. The molecule has 0 atom stereocenters. The van der Waals surface area contributed by atoms with Crippen LogP contribution in [-0.2, 0) is 9.16 Å². The van der Waals surface area contributed by atoms with E-state index in [0.29, 0.717) is 18.3 Å². The maximum absolute atomic E-state index is 5.82. The molecule has 0 saturated heterocycles. The normalized spacial score (nSPS) is 11.9. The van der Waals surface area contributed by atoms with Gasteiger partial charge in [-0.2, -0.15) is 0 Å². The molecule has 19 heavy (non-hydrogen) atoms. The molecule has 0 aromatic heterocycles. The van der Waals surface area contributed by atoms with Gasteiger partial charge in [0.1, 0.15) is 11.5 Å². The Hall–Kier alpha value is -1.68. The molecule has 104 valence electrons. The molecule has 0 spiro atoms. The summed E-state index contributed by atoms with van der Waals surface area (Å²) in [4.78, 5) is 0. The summed E-state index contributed by atoms with van der Waals surface area (Å²) in [5.41, 5.74) is 0. The second kappa shape index (κ2) is 7.04. The second-order valence-electron chi connectivity index (χ2n) is 4.99. The Kier molecular flexibility index (Phi) is 5.70. The highest BCUT2D eigenvalue weighted by Gasteiger charge is 2.18. The summed E-state index contributed by atoms with van der Waals surface area (Å²) in [7, 11) is -1.71. The van der Waals surface area contributed by atoms with Gasteiger partial charge in [-0.1, -0.05) is 24.8 Å². The van der Waals surface area contributed by atoms with Crippen LogP contribution in [0.2, 0.25) is 19.6 Å². The summed E-state index contributed by atoms with van der Waals surface area (Å²) >= 11 is 0. The van der Waals surface area contributed by atoms with E-state index in [1.807, 2.05) is 37.3 Å². The average Bonchev–Trinajstić information content (AvgIpc) is 2.28. The van der Waals surface area contributed by atoms with Gasteiger partial charge in [-0.15, -0.1) is 0 Å². The molecule has 1 rings (SSSR count). The lowest BCUT2D eigenvalue weighted by molar-refractivity contribution is 0.111. The van der Waals surface area contributed by atoms with Crippen molar-refractivity contribution in [3.8, 4) is 5.75 Å². The van der Waals surface area contributed by atoms with E-state index >= 15 is 0 Å². The molecular weight excluding hydrogens is 256 g/mol. The number of hydrogen-bond donors (Lipinski definition) is 0. The molecule has 0 bridgehead atoms. The number of para-hydroxylation sites is 1. The first-order valence-electron chi connectivity index (χ1n) is 6.36. The van der Waals surface area contributed by atoms with Crippen LogP contribution in [0.25, 0.3) is 0 Å². The topological polar surface area (TPSA) is 27.7 Å². The second-order valence-corrected chi connectivity index (χ2v) is 9.42. The third kappa shape index (κ3) is 6.72. The quantitative estimate of drug-likeness (QED) is 0.422. The molecule has 0 fully saturated rings. The summed E-state index contributed by atoms with van der Waals surface area (Å²) < 4.78 is 16.9. The molecule has 1 aromatic carbocycles. The number of allylic oxidation sites excluding steroid dienone is 1. The maximum atomic E-state index is 5.82. The van der Waals surface area contributed by atoms with Crippen molar-refractivity contribution in [2.75, 3.05) is 6.61 Å². The zero-order chi connectivity index (χ0) is 14.3. The molecule has 0 saturated carbocycles. The van der Waals surface area contributed by atoms with Crippen LogP contribution >= 0.6 is 0 Å². The van der Waals surface area contributed by atoms with Crippen LogP contribution < -0.4 is 4.74 Å². The van der Waals surface area contributed by atoms with Crippen molar-refractivity contribution >= 4 is 8.32 Å². The van der Waals surface area contributed by atoms with Crippen molar-refractivity contribution in [1.29, 1.82) is 0 Å². The van der Waals surface area contributed by atoms with E-state index in [-0.39, 0.29) is 0 Å². The number of hydrogen-bond acceptors (Lipinski definition) is 3. The first-order valence-corrected chi connectivity index (χ1v) is 9.77. The molecule has 0 aliphatic rings. The minimum atomic E-state index is -1.71. The highest BCUT2D eigenvalue weighted by Crippen LogP contribution is 2.16. The lowest BCUT2D eigenvalue weighted by Gasteiger charge is -2.21. The Morgan fingerprint density at radius 3 is 2.37 bits per heavy atom. The van der Waals surface area contributed by atoms with E-state index < -0.39 is 8.32 Å². The molecule has 0 N–H and O–H groups in total. The van der Waals surface area contributed by atoms with Gasteiger partial charge in [-0.05, 0) is 38.7 Å². The minimum Gasteiger partial charge on any atom is -0.520 e. The molecule has 0 heterocycles. The number of rotatable bonds is 7. The Bertz CT molecular complexity index is 432. The summed E-state index contributed by atoms with van der Waals surface area (Å²) in [6.45, 7) is 12.6. The van der Waals surface area contributed by atoms with E-state index in [1.54, 1.807) is 6.08 Å². The van der Waals surface area contributed by atoms with E-state index in [4.69, 9.17) is 13.9 Å². The van der Waals surface area contributed by atoms with E-state index in [2.05, 4.69) is 26.2 Å². The first-order chi connectivity index (χ1) is 8.90. The van der Waals surface area contributed by atoms with Crippen molar-refractivity contribution in [2.24, 2.45) is 0 Å². The van der Waals surface area contributed by atoms with Gasteiger partial charge >= 0.3 is 0 Å². The highest BCUT2D eigenvalue weighted by atomic mass is 28.4. The summed E-state index contributed by atoms with van der Waals surface area (Å²) in [5, 5.41) is 0. The van der Waals surface area contributed by atoms with Crippen LogP contribution in [0, 0.1) is 0 Å². The van der Waals surface area contributed by atoms with Gasteiger partial charge in [-0.3, -0.25) is 0 Å². The predicted octanol–water partition coefficient (Wildman–Crippen LogP) is 4.31. The van der Waals surface area contributed by atoms with Gasteiger partial charge in [0.25, 0.3) is 5.95 Å². The van der Waals surface area contributed by atoms with Crippen LogP contribution in [0.5, 0.6) is 5.75 Å². The average molecular weight is 278 g/mol. The molecule has 0 amide bonds. The van der Waals surface area contributed by atoms with Crippen molar-refractivity contribution in [1.82, 2.24) is 0 Å². The lowest BCUT2D eigenvalue weighted by atomic mass is 10.3. The van der Waals surface area contributed by atoms with Crippen molar-refractivity contribution in [2.45, 2.75) is 26.6 Å². The predicted molar refractivity (Wildman–Crippen MR) is 80.4 cm³/mol. The SMILES string of the molecule is C=C(/C=C(/OCC)O[Si](C)(C)C)Oc1ccccc1. The number of ether oxygens (including phenoxy) is 2. The van der Waals surface area contributed by atoms with Gasteiger partial charge in [-0.25, -0.2) is 0 Å². The summed E-state index contributed by atoms with van der Waals surface area (Å²) in [6.07, 6.45) is 1.69. The monoisotopic (exact) mass is 278 g/mol. The fourth-order valence-electron chi connectivity index (χ4n) is 1.35. The molecule has 1 aromatic rings. The molecule has 4 heteroatoms. The molecule has 3 nitrogen and oxygen atoms in total. The highest BCUT2D eigenvalue weighted by molar-refractivity contribution is 6.70.